The topological polar surface area (TPSA) is 41.6 Å². The number of benzene rings is 2. The van der Waals surface area contributed by atoms with Crippen molar-refractivity contribution in [1.29, 1.82) is 0 Å². The maximum atomic E-state index is 12.5. The van der Waals surface area contributed by atoms with E-state index in [0.717, 1.165) is 42.8 Å². The van der Waals surface area contributed by atoms with E-state index in [-0.39, 0.29) is 31.0 Å². The van der Waals surface area contributed by atoms with Gasteiger partial charge in [-0.25, -0.2) is 0 Å². The molecule has 0 saturated carbocycles. The first-order chi connectivity index (χ1) is 11.8. The molecule has 5 heteroatoms. The molecule has 1 heterocycles. The molecule has 0 spiro atoms. The summed E-state index contributed by atoms with van der Waals surface area (Å²) in [7, 11) is 1.92. The number of ether oxygens (including phenoxy) is 1. The van der Waals surface area contributed by atoms with E-state index in [1.54, 1.807) is 0 Å². The molecule has 0 bridgehead atoms. The Hall–Kier alpha value is -2.04. The number of hydrogen-bond acceptors (Lipinski definition) is 3. The van der Waals surface area contributed by atoms with Crippen molar-refractivity contribution in [3.8, 4) is 16.9 Å². The number of likely N-dealkylation sites (N-methyl/N-ethyl adjacent to an activating group) is 1. The molecule has 4 nitrogen and oxygen atoms in total. The molecule has 1 aliphatic rings. The number of nitrogens with one attached hydrogen (secondary N) is 1. The number of rotatable bonds is 6. The fourth-order valence-corrected chi connectivity index (χ4v) is 3.28. The lowest BCUT2D eigenvalue weighted by atomic mass is 10.1. The lowest BCUT2D eigenvalue weighted by Crippen LogP contribution is -2.43. The van der Waals surface area contributed by atoms with E-state index in [1.165, 1.54) is 0 Å². The van der Waals surface area contributed by atoms with Gasteiger partial charge in [0.25, 0.3) is 5.91 Å². The van der Waals surface area contributed by atoms with Crippen LogP contribution in [0, 0.1) is 0 Å². The second-order valence-corrected chi connectivity index (χ2v) is 6.09. The monoisotopic (exact) mass is 360 g/mol. The van der Waals surface area contributed by atoms with Gasteiger partial charge in [0.2, 0.25) is 0 Å². The van der Waals surface area contributed by atoms with Gasteiger partial charge in [-0.15, -0.1) is 12.4 Å². The second kappa shape index (κ2) is 9.44. The number of hydrogen-bond donors (Lipinski definition) is 1. The van der Waals surface area contributed by atoms with E-state index in [0.29, 0.717) is 0 Å². The highest BCUT2D eigenvalue weighted by Gasteiger charge is 2.28. The Morgan fingerprint density at radius 2 is 1.88 bits per heavy atom. The highest BCUT2D eigenvalue weighted by atomic mass is 35.5. The highest BCUT2D eigenvalue weighted by Crippen LogP contribution is 2.29. The Morgan fingerprint density at radius 1 is 1.16 bits per heavy atom. The van der Waals surface area contributed by atoms with Crippen molar-refractivity contribution < 1.29 is 9.53 Å². The van der Waals surface area contributed by atoms with E-state index in [2.05, 4.69) is 5.32 Å². The SMILES string of the molecule is CNCC1CCCN1C(=O)COc1ccccc1-c1ccccc1.Cl. The standard InChI is InChI=1S/C20H24N2O2.ClH/c1-21-14-17-10-7-13-22(17)20(23)15-24-19-12-6-5-11-18(19)16-8-3-2-4-9-16;/h2-6,8-9,11-12,17,21H,7,10,13-15H2,1H3;1H. The van der Waals surface area contributed by atoms with Gasteiger partial charge in [0.1, 0.15) is 5.75 Å². The van der Waals surface area contributed by atoms with Gasteiger partial charge < -0.3 is 15.0 Å². The van der Waals surface area contributed by atoms with Crippen molar-refractivity contribution in [3.05, 3.63) is 54.6 Å². The van der Waals surface area contributed by atoms with E-state index in [1.807, 2.05) is 66.5 Å². The van der Waals surface area contributed by atoms with Gasteiger partial charge in [-0.05, 0) is 31.5 Å². The second-order valence-electron chi connectivity index (χ2n) is 6.09. The molecule has 1 unspecified atom stereocenters. The fraction of sp³-hybridized carbons (Fsp3) is 0.350. The van der Waals surface area contributed by atoms with E-state index in [9.17, 15) is 4.79 Å². The third kappa shape index (κ3) is 4.74. The summed E-state index contributed by atoms with van der Waals surface area (Å²) in [6.07, 6.45) is 2.13. The van der Waals surface area contributed by atoms with Crippen molar-refractivity contribution in [1.82, 2.24) is 10.2 Å². The van der Waals surface area contributed by atoms with Crippen LogP contribution in [0.3, 0.4) is 0 Å². The predicted molar refractivity (Wildman–Crippen MR) is 103 cm³/mol. The smallest absolute Gasteiger partial charge is 0.260 e. The maximum absolute atomic E-state index is 12.5. The highest BCUT2D eigenvalue weighted by molar-refractivity contribution is 5.85. The number of amides is 1. The minimum Gasteiger partial charge on any atom is -0.483 e. The zero-order valence-electron chi connectivity index (χ0n) is 14.5. The lowest BCUT2D eigenvalue weighted by Gasteiger charge is -2.24. The summed E-state index contributed by atoms with van der Waals surface area (Å²) in [5.41, 5.74) is 2.11. The molecule has 0 aromatic heterocycles. The third-order valence-electron chi connectivity index (χ3n) is 4.46. The average molecular weight is 361 g/mol. The van der Waals surface area contributed by atoms with Crippen molar-refractivity contribution in [2.75, 3.05) is 26.7 Å². The van der Waals surface area contributed by atoms with Gasteiger partial charge in [-0.3, -0.25) is 4.79 Å². The molecule has 1 atom stereocenters. The summed E-state index contributed by atoms with van der Waals surface area (Å²) in [6.45, 7) is 1.76. The molecule has 1 aliphatic heterocycles. The molecule has 0 radical (unpaired) electrons. The summed E-state index contributed by atoms with van der Waals surface area (Å²) in [5.74, 6) is 0.817. The van der Waals surface area contributed by atoms with Crippen molar-refractivity contribution in [3.63, 3.8) is 0 Å². The van der Waals surface area contributed by atoms with Crippen LogP contribution in [0.4, 0.5) is 0 Å². The number of carbonyl (C=O) groups excluding carboxylic acids is 1. The van der Waals surface area contributed by atoms with Crippen LogP contribution in [0.2, 0.25) is 0 Å². The first kappa shape index (κ1) is 19.3. The van der Waals surface area contributed by atoms with Crippen LogP contribution in [-0.4, -0.2) is 43.6 Å². The largest absolute Gasteiger partial charge is 0.483 e. The summed E-state index contributed by atoms with van der Waals surface area (Å²) >= 11 is 0. The predicted octanol–water partition coefficient (Wildman–Crippen LogP) is 3.36. The molecule has 25 heavy (non-hydrogen) atoms. The number of halogens is 1. The number of para-hydroxylation sites is 1. The molecule has 134 valence electrons. The Kier molecular flexibility index (Phi) is 7.29. The summed E-state index contributed by atoms with van der Waals surface area (Å²) < 4.78 is 5.88. The Balaban J connectivity index is 0.00000225. The van der Waals surface area contributed by atoms with Gasteiger partial charge in [-0.1, -0.05) is 48.5 Å². The zero-order chi connectivity index (χ0) is 16.8. The number of carbonyl (C=O) groups is 1. The quantitative estimate of drug-likeness (QED) is 0.858. The molecule has 1 amide bonds. The first-order valence-corrected chi connectivity index (χ1v) is 8.51. The Bertz CT molecular complexity index is 678. The number of nitrogens with zero attached hydrogens (tertiary/aromatic N) is 1. The Morgan fingerprint density at radius 3 is 2.64 bits per heavy atom. The zero-order valence-corrected chi connectivity index (χ0v) is 15.3. The third-order valence-corrected chi connectivity index (χ3v) is 4.46. The summed E-state index contributed by atoms with van der Waals surface area (Å²) in [6, 6.07) is 18.3. The maximum Gasteiger partial charge on any atom is 0.260 e. The normalized spacial score (nSPS) is 16.4. The van der Waals surface area contributed by atoms with Crippen molar-refractivity contribution >= 4 is 18.3 Å². The van der Waals surface area contributed by atoms with Crippen molar-refractivity contribution in [2.45, 2.75) is 18.9 Å². The Labute approximate surface area is 155 Å². The van der Waals surface area contributed by atoms with Crippen LogP contribution in [0.25, 0.3) is 11.1 Å². The molecule has 2 aromatic carbocycles. The molecule has 1 N–H and O–H groups in total. The number of likely N-dealkylation sites (tertiary alicyclic amines) is 1. The van der Waals surface area contributed by atoms with Crippen LogP contribution >= 0.6 is 12.4 Å². The van der Waals surface area contributed by atoms with Gasteiger partial charge in [-0.2, -0.15) is 0 Å². The van der Waals surface area contributed by atoms with Crippen molar-refractivity contribution in [2.24, 2.45) is 0 Å². The lowest BCUT2D eigenvalue weighted by molar-refractivity contribution is -0.134. The molecule has 1 fully saturated rings. The summed E-state index contributed by atoms with van der Waals surface area (Å²) in [4.78, 5) is 14.5. The van der Waals surface area contributed by atoms with Crippen LogP contribution in [0.5, 0.6) is 5.75 Å². The minimum absolute atomic E-state index is 0. The van der Waals surface area contributed by atoms with E-state index < -0.39 is 0 Å². The average Bonchev–Trinajstić information content (AvgIpc) is 3.09. The molecular formula is C20H25ClN2O2. The van der Waals surface area contributed by atoms with Crippen LogP contribution in [-0.2, 0) is 4.79 Å². The first-order valence-electron chi connectivity index (χ1n) is 8.51. The van der Waals surface area contributed by atoms with Crippen LogP contribution < -0.4 is 10.1 Å². The molecule has 3 rings (SSSR count). The van der Waals surface area contributed by atoms with E-state index >= 15 is 0 Å². The molecular weight excluding hydrogens is 336 g/mol. The van der Waals surface area contributed by atoms with Gasteiger partial charge in [0, 0.05) is 24.7 Å². The van der Waals surface area contributed by atoms with Gasteiger partial charge >= 0.3 is 0 Å². The molecule has 1 saturated heterocycles. The molecule has 0 aliphatic carbocycles. The van der Waals surface area contributed by atoms with Crippen LogP contribution in [0.15, 0.2) is 54.6 Å². The van der Waals surface area contributed by atoms with Gasteiger partial charge in [0.05, 0.1) is 0 Å². The minimum atomic E-state index is 0. The summed E-state index contributed by atoms with van der Waals surface area (Å²) in [5, 5.41) is 3.16. The van der Waals surface area contributed by atoms with E-state index in [4.69, 9.17) is 4.74 Å². The molecule has 2 aromatic rings. The van der Waals surface area contributed by atoms with Crippen LogP contribution in [0.1, 0.15) is 12.8 Å². The fourth-order valence-electron chi connectivity index (χ4n) is 3.28. The van der Waals surface area contributed by atoms with Gasteiger partial charge in [0.15, 0.2) is 6.61 Å².